The molecule has 0 aliphatic rings. The third-order valence-corrected chi connectivity index (χ3v) is 21.5. The van der Waals surface area contributed by atoms with Gasteiger partial charge in [0.25, 0.3) is 0 Å². The van der Waals surface area contributed by atoms with E-state index in [1.807, 2.05) is 46.4 Å². The molecule has 0 saturated heterocycles. The smallest absolute Gasteiger partial charge is 0.104 e. The average molecular weight is 1730 g/mol. The number of hydrogen-bond donors (Lipinski definition) is 8. The van der Waals surface area contributed by atoms with Crippen molar-refractivity contribution >= 4 is 58.8 Å². The van der Waals surface area contributed by atoms with Gasteiger partial charge >= 0.3 is 0 Å². The van der Waals surface area contributed by atoms with Crippen molar-refractivity contribution < 1.29 is 125 Å². The molecule has 0 aromatic carbocycles. The molecule has 30 nitrogen and oxygen atoms in total. The minimum Gasteiger partial charge on any atom is -0.394 e. The quantitative estimate of drug-likeness (QED) is 0.0366. The Hall–Kier alpha value is 0.550. The van der Waals surface area contributed by atoms with Gasteiger partial charge in [-0.3, -0.25) is 0 Å². The molecule has 0 radical (unpaired) electrons. The van der Waals surface area contributed by atoms with Gasteiger partial charge in [-0.05, 0) is 113 Å². The Balaban J connectivity index is 6.89. The lowest BCUT2D eigenvalue weighted by Crippen LogP contribution is -2.41. The van der Waals surface area contributed by atoms with E-state index in [9.17, 15) is 20.4 Å². The predicted molar refractivity (Wildman–Crippen MR) is 456 cm³/mol. The highest BCUT2D eigenvalue weighted by Crippen LogP contribution is 2.24. The summed E-state index contributed by atoms with van der Waals surface area (Å²) in [5.41, 5.74) is 22.3. The van der Waals surface area contributed by atoms with E-state index >= 15 is 0 Å². The number of hydrogen-bond acceptors (Lipinski definition) is 35. The van der Waals surface area contributed by atoms with Crippen molar-refractivity contribution in [1.29, 1.82) is 0 Å². The third-order valence-electron chi connectivity index (χ3n) is 15.8. The highest BCUT2D eigenvalue weighted by molar-refractivity contribution is 8.00. The second kappa shape index (κ2) is 86.1. The minimum absolute atomic E-state index is 0.00199. The van der Waals surface area contributed by atoms with Crippen LogP contribution in [0.4, 0.5) is 0 Å². The van der Waals surface area contributed by atoms with E-state index in [1.165, 1.54) is 0 Å². The van der Waals surface area contributed by atoms with Crippen LogP contribution in [0.25, 0.3) is 0 Å². The van der Waals surface area contributed by atoms with E-state index in [0.717, 1.165) is 96.1 Å². The van der Waals surface area contributed by atoms with E-state index < -0.39 is 67.0 Å². The Kier molecular flexibility index (Phi) is 86.5. The van der Waals surface area contributed by atoms with E-state index in [0.29, 0.717) is 132 Å². The molecule has 13 atom stereocenters. The van der Waals surface area contributed by atoms with Gasteiger partial charge in [0.1, 0.15) is 73.2 Å². The first-order valence-electron chi connectivity index (χ1n) is 41.5. The fraction of sp³-hybridized carbons (Fsp3) is 1.00. The Morgan fingerprint density at radius 2 is 0.504 bits per heavy atom. The van der Waals surface area contributed by atoms with Gasteiger partial charge in [-0.15, -0.1) is 0 Å². The van der Waals surface area contributed by atoms with Gasteiger partial charge in [-0.25, -0.2) is 0 Å². The van der Waals surface area contributed by atoms with Crippen LogP contribution >= 0.6 is 58.8 Å². The normalized spacial score (nSPS) is 15.8. The number of ether oxygens (including phenoxy) is 22. The van der Waals surface area contributed by atoms with Gasteiger partial charge in [0.2, 0.25) is 0 Å². The first kappa shape index (κ1) is 114. The fourth-order valence-corrected chi connectivity index (χ4v) is 13.5. The molecule has 13 unspecified atom stereocenters. The van der Waals surface area contributed by atoms with E-state index in [1.54, 1.807) is 47.0 Å². The lowest BCUT2D eigenvalue weighted by Gasteiger charge is -2.33. The van der Waals surface area contributed by atoms with Gasteiger partial charge in [-0.1, -0.05) is 27.7 Å². The zero-order valence-corrected chi connectivity index (χ0v) is 75.1. The topological polar surface area (TPSA) is 388 Å². The molecule has 0 aromatic heterocycles. The van der Waals surface area contributed by atoms with Crippen molar-refractivity contribution in [2.75, 3.05) is 315 Å². The lowest BCUT2D eigenvalue weighted by atomic mass is 9.89. The molecule has 113 heavy (non-hydrogen) atoms. The van der Waals surface area contributed by atoms with Gasteiger partial charge in [-0.2, -0.15) is 58.8 Å². The first-order valence-corrected chi connectivity index (χ1v) is 47.3. The third kappa shape index (κ3) is 74.9. The standard InChI is InChI=1S/C78H162N4O26S5/c1-10-30-109-33-18-27-103-71(50-89-13-4)55-98-64-77(78(7,8)9)108-63-76(59-96-47-68(40-83)104-46-67(86)45-92-41-65(84)42-93-53-69(48-87-11-2)101-28-19-34-112-38-23-81)107-62-75(106-61-74(100-15-6)52-91-26-17-32-111-37-22-80)58-97-57-72(105-60-73(99-14-5)51-90-25-16-31-110-36-21-79)56-95-44-66(85)43-94-54-70(49-88-12-3)102-29-20-35-113-39-24-82/h65-77,83-86H,10-64,79-82H2,1-9H3. The lowest BCUT2D eigenvalue weighted by molar-refractivity contribution is -0.158. The summed E-state index contributed by atoms with van der Waals surface area (Å²) >= 11 is 9.08. The number of nitrogens with two attached hydrogens (primary N) is 4. The Bertz CT molecular complexity index is 1900. The monoisotopic (exact) mass is 1730 g/mol. The molecule has 0 fully saturated rings. The molecule has 0 aliphatic heterocycles. The van der Waals surface area contributed by atoms with E-state index in [-0.39, 0.29) is 143 Å². The second-order valence-corrected chi connectivity index (χ2v) is 33.8. The zero-order chi connectivity index (χ0) is 83.0. The van der Waals surface area contributed by atoms with Gasteiger partial charge in [0.15, 0.2) is 0 Å². The van der Waals surface area contributed by atoms with Crippen LogP contribution < -0.4 is 22.9 Å². The highest BCUT2D eigenvalue weighted by Gasteiger charge is 2.30. The summed E-state index contributed by atoms with van der Waals surface area (Å²) < 4.78 is 135. The summed E-state index contributed by atoms with van der Waals surface area (Å²) in [5, 5.41) is 43.3. The zero-order valence-electron chi connectivity index (χ0n) is 71.0. The molecule has 680 valence electrons. The van der Waals surface area contributed by atoms with E-state index in [2.05, 4.69) is 27.7 Å². The fourth-order valence-electron chi connectivity index (χ4n) is 9.91. The second-order valence-electron chi connectivity index (χ2n) is 27.7. The van der Waals surface area contributed by atoms with Gasteiger partial charge in [0.05, 0.1) is 171 Å². The molecule has 0 saturated carbocycles. The maximum atomic E-state index is 11.1. The van der Waals surface area contributed by atoms with Crippen LogP contribution in [0.5, 0.6) is 0 Å². The molecule has 0 heterocycles. The maximum absolute atomic E-state index is 11.1. The van der Waals surface area contributed by atoms with Crippen LogP contribution in [0, 0.1) is 5.41 Å². The van der Waals surface area contributed by atoms with Gasteiger partial charge in [0, 0.05) is 115 Å². The number of thioether (sulfide) groups is 5. The summed E-state index contributed by atoms with van der Waals surface area (Å²) in [7, 11) is 0. The predicted octanol–water partition coefficient (Wildman–Crippen LogP) is 5.12. The largest absolute Gasteiger partial charge is 0.394 e. The Morgan fingerprint density at radius 3 is 0.832 bits per heavy atom. The maximum Gasteiger partial charge on any atom is 0.104 e. The number of aliphatic hydroxyl groups is 4. The van der Waals surface area contributed by atoms with Crippen molar-refractivity contribution in [3.63, 3.8) is 0 Å². The first-order chi connectivity index (χ1) is 55.1. The van der Waals surface area contributed by atoms with Crippen molar-refractivity contribution in [1.82, 2.24) is 0 Å². The van der Waals surface area contributed by atoms with Crippen molar-refractivity contribution in [3.8, 4) is 0 Å². The summed E-state index contributed by atoms with van der Waals surface area (Å²) in [4.78, 5) is 0. The SMILES string of the molecule is CCCSCCCOC(COCC)COCC(OCC(COCC(CO)OCC(O)COCC(O)COCC(COCC)OCCCSCCN)OCC(COCC(COCC(O)COCC(COCC)OCCCSCCN)OCC(COCCCSCCN)OCC)OCC(COCCCSCCN)OCC)C(C)(C)C. The van der Waals surface area contributed by atoms with Crippen molar-refractivity contribution in [2.45, 2.75) is 180 Å². The van der Waals surface area contributed by atoms with Crippen LogP contribution in [-0.4, -0.2) is 415 Å². The van der Waals surface area contributed by atoms with Crippen LogP contribution in [0.15, 0.2) is 0 Å². The average Bonchev–Trinajstić information content (AvgIpc) is 0.953. The molecule has 0 rings (SSSR count). The molecule has 12 N–H and O–H groups in total. The van der Waals surface area contributed by atoms with Crippen LogP contribution in [0.2, 0.25) is 0 Å². The summed E-state index contributed by atoms with van der Waals surface area (Å²) in [6.45, 7) is 28.2. The van der Waals surface area contributed by atoms with Crippen LogP contribution in [0.3, 0.4) is 0 Å². The molecule has 35 heteroatoms. The van der Waals surface area contributed by atoms with Crippen molar-refractivity contribution in [3.05, 3.63) is 0 Å². The molecule has 0 amide bonds. The summed E-state index contributed by atoms with van der Waals surface area (Å²) in [6, 6.07) is 0. The Labute approximate surface area is 702 Å². The summed E-state index contributed by atoms with van der Waals surface area (Å²) in [6.07, 6.45) is -2.48. The highest BCUT2D eigenvalue weighted by atomic mass is 32.2. The molecule has 0 spiro atoms. The number of aliphatic hydroxyl groups excluding tert-OH is 4. The van der Waals surface area contributed by atoms with Crippen LogP contribution in [0.1, 0.15) is 101 Å². The minimum atomic E-state index is -1.09. The van der Waals surface area contributed by atoms with E-state index in [4.69, 9.17) is 127 Å². The van der Waals surface area contributed by atoms with Crippen molar-refractivity contribution in [2.24, 2.45) is 28.3 Å². The Morgan fingerprint density at radius 1 is 0.248 bits per heavy atom. The molecule has 0 aliphatic carbocycles. The van der Waals surface area contributed by atoms with Gasteiger partial charge < -0.3 is 148 Å². The molecular formula is C78H162N4O26S5. The van der Waals surface area contributed by atoms with Crippen LogP contribution in [-0.2, 0) is 104 Å². The summed E-state index contributed by atoms with van der Waals surface area (Å²) in [5.74, 6) is 9.47. The molecule has 0 aromatic rings. The number of rotatable bonds is 94. The molecule has 0 bridgehead atoms. The molecular weight excluding hydrogens is 1570 g/mol.